The van der Waals surface area contributed by atoms with E-state index in [0.717, 1.165) is 0 Å². The van der Waals surface area contributed by atoms with Crippen molar-refractivity contribution in [1.82, 2.24) is 14.7 Å². The minimum absolute atomic E-state index is 0.0292. The molecule has 0 fully saturated rings. The van der Waals surface area contributed by atoms with Crippen LogP contribution in [0, 0.1) is 6.92 Å². The van der Waals surface area contributed by atoms with E-state index in [9.17, 15) is 24.3 Å². The third kappa shape index (κ3) is 6.21. The number of amides is 1. The summed E-state index contributed by atoms with van der Waals surface area (Å²) in [4.78, 5) is 48.0. The molecule has 0 saturated heterocycles. The molecular formula is C21H27N3O7. The second-order valence-electron chi connectivity index (χ2n) is 7.96. The molecule has 0 aliphatic carbocycles. The standard InChI is InChI=1S/C21H27N3O7/c1-13(30-16(25)11-22-20(29)31-21(3,4)5)12-23-14(2)17(19(27)28)18(26)24(23)15-9-7-6-8-10-15/h6-10,13H,11-12H2,1-5H3,(H,22,29)(H,27,28). The number of esters is 1. The van der Waals surface area contributed by atoms with Gasteiger partial charge in [0.15, 0.2) is 0 Å². The Morgan fingerprint density at radius 1 is 1.16 bits per heavy atom. The van der Waals surface area contributed by atoms with Crippen molar-refractivity contribution in [2.75, 3.05) is 6.54 Å². The van der Waals surface area contributed by atoms with Gasteiger partial charge in [0.25, 0.3) is 5.56 Å². The summed E-state index contributed by atoms with van der Waals surface area (Å²) in [5.74, 6) is -2.03. The molecule has 1 amide bonds. The molecule has 10 heteroatoms. The third-order valence-corrected chi connectivity index (χ3v) is 4.15. The van der Waals surface area contributed by atoms with Crippen molar-refractivity contribution in [1.29, 1.82) is 0 Å². The highest BCUT2D eigenvalue weighted by atomic mass is 16.6. The zero-order chi connectivity index (χ0) is 23.3. The first-order chi connectivity index (χ1) is 14.4. The second kappa shape index (κ2) is 9.50. The molecule has 2 N–H and O–H groups in total. The van der Waals surface area contributed by atoms with Gasteiger partial charge in [0, 0.05) is 0 Å². The van der Waals surface area contributed by atoms with Gasteiger partial charge in [0.1, 0.15) is 23.8 Å². The Balaban J connectivity index is 2.16. The van der Waals surface area contributed by atoms with Crippen LogP contribution in [0.3, 0.4) is 0 Å². The number of para-hydroxylation sites is 1. The van der Waals surface area contributed by atoms with E-state index in [1.54, 1.807) is 58.0 Å². The molecule has 0 bridgehead atoms. The molecule has 1 aromatic carbocycles. The van der Waals surface area contributed by atoms with Crippen molar-refractivity contribution in [2.24, 2.45) is 0 Å². The number of nitrogens with one attached hydrogen (secondary N) is 1. The third-order valence-electron chi connectivity index (χ3n) is 4.15. The van der Waals surface area contributed by atoms with Gasteiger partial charge in [-0.05, 0) is 46.8 Å². The normalized spacial score (nSPS) is 12.2. The Kier molecular flexibility index (Phi) is 7.27. The lowest BCUT2D eigenvalue weighted by molar-refractivity contribution is -0.147. The van der Waals surface area contributed by atoms with Gasteiger partial charge in [-0.1, -0.05) is 18.2 Å². The number of carbonyl (C=O) groups excluding carboxylic acids is 2. The number of benzene rings is 1. The van der Waals surface area contributed by atoms with Crippen LogP contribution in [0.4, 0.5) is 4.79 Å². The lowest BCUT2D eigenvalue weighted by atomic mass is 10.2. The van der Waals surface area contributed by atoms with Gasteiger partial charge in [0.2, 0.25) is 0 Å². The van der Waals surface area contributed by atoms with Crippen LogP contribution in [-0.4, -0.2) is 50.8 Å². The van der Waals surface area contributed by atoms with Crippen molar-refractivity contribution < 1.29 is 29.0 Å². The van der Waals surface area contributed by atoms with E-state index in [2.05, 4.69) is 5.32 Å². The molecule has 1 aromatic heterocycles. The summed E-state index contributed by atoms with van der Waals surface area (Å²) in [7, 11) is 0. The lowest BCUT2D eigenvalue weighted by Crippen LogP contribution is -2.37. The average Bonchev–Trinajstić information content (AvgIpc) is 2.89. The summed E-state index contributed by atoms with van der Waals surface area (Å²) in [6.07, 6.45) is -1.46. The molecule has 1 heterocycles. The number of aromatic carboxylic acids is 1. The van der Waals surface area contributed by atoms with E-state index >= 15 is 0 Å². The Hall–Kier alpha value is -3.56. The highest BCUT2D eigenvalue weighted by Crippen LogP contribution is 2.13. The summed E-state index contributed by atoms with van der Waals surface area (Å²) in [5.41, 5.74) is -1.02. The highest BCUT2D eigenvalue weighted by Gasteiger charge is 2.25. The maximum Gasteiger partial charge on any atom is 0.408 e. The maximum atomic E-state index is 12.7. The zero-order valence-corrected chi connectivity index (χ0v) is 18.2. The van der Waals surface area contributed by atoms with Gasteiger partial charge in [0.05, 0.1) is 17.9 Å². The minimum atomic E-state index is -1.34. The number of aromatic nitrogens is 2. The molecule has 0 aliphatic rings. The summed E-state index contributed by atoms with van der Waals surface area (Å²) in [6.45, 7) is 7.85. The van der Waals surface area contributed by atoms with Crippen LogP contribution in [0.2, 0.25) is 0 Å². The Bertz CT molecular complexity index is 1020. The van der Waals surface area contributed by atoms with Gasteiger partial charge < -0.3 is 19.9 Å². The Morgan fingerprint density at radius 2 is 1.77 bits per heavy atom. The number of ether oxygens (including phenoxy) is 2. The molecule has 0 saturated carbocycles. The fourth-order valence-electron chi connectivity index (χ4n) is 2.95. The zero-order valence-electron chi connectivity index (χ0n) is 18.2. The molecule has 1 atom stereocenters. The number of rotatable bonds is 7. The van der Waals surface area contributed by atoms with E-state index in [-0.39, 0.29) is 17.8 Å². The number of carboxylic acids is 1. The second-order valence-corrected chi connectivity index (χ2v) is 7.96. The molecular weight excluding hydrogens is 406 g/mol. The number of carbonyl (C=O) groups is 3. The summed E-state index contributed by atoms with van der Waals surface area (Å²) < 4.78 is 13.0. The topological polar surface area (TPSA) is 129 Å². The van der Waals surface area contributed by atoms with Crippen molar-refractivity contribution in [2.45, 2.75) is 52.9 Å². The number of nitrogens with zero attached hydrogens (tertiary/aromatic N) is 2. The number of hydrogen-bond donors (Lipinski definition) is 2. The van der Waals surface area contributed by atoms with Gasteiger partial charge in [-0.2, -0.15) is 0 Å². The monoisotopic (exact) mass is 433 g/mol. The predicted octanol–water partition coefficient (Wildman–Crippen LogP) is 2.10. The van der Waals surface area contributed by atoms with Crippen LogP contribution < -0.4 is 10.9 Å². The molecule has 0 radical (unpaired) electrons. The first kappa shape index (κ1) is 23.7. The molecule has 168 valence electrons. The van der Waals surface area contributed by atoms with Gasteiger partial charge in [-0.3, -0.25) is 14.3 Å². The lowest BCUT2D eigenvalue weighted by Gasteiger charge is -2.20. The quantitative estimate of drug-likeness (QED) is 0.640. The average molecular weight is 433 g/mol. The Morgan fingerprint density at radius 3 is 2.32 bits per heavy atom. The van der Waals surface area contributed by atoms with Gasteiger partial charge in [-0.25, -0.2) is 14.3 Å². The smallest absolute Gasteiger partial charge is 0.408 e. The number of carboxylic acid groups (broad SMARTS) is 1. The minimum Gasteiger partial charge on any atom is -0.477 e. The summed E-state index contributed by atoms with van der Waals surface area (Å²) in [6, 6.07) is 8.56. The van der Waals surface area contributed by atoms with E-state index in [1.165, 1.54) is 16.3 Å². The highest BCUT2D eigenvalue weighted by molar-refractivity contribution is 5.88. The summed E-state index contributed by atoms with van der Waals surface area (Å²) >= 11 is 0. The van der Waals surface area contributed by atoms with E-state index in [1.807, 2.05) is 0 Å². The van der Waals surface area contributed by atoms with Crippen LogP contribution in [0.1, 0.15) is 43.7 Å². The predicted molar refractivity (Wildman–Crippen MR) is 112 cm³/mol. The van der Waals surface area contributed by atoms with Crippen LogP contribution >= 0.6 is 0 Å². The first-order valence-corrected chi connectivity index (χ1v) is 9.68. The van der Waals surface area contributed by atoms with Crippen LogP contribution in [-0.2, 0) is 20.8 Å². The van der Waals surface area contributed by atoms with Crippen LogP contribution in [0.5, 0.6) is 0 Å². The van der Waals surface area contributed by atoms with Gasteiger partial charge in [-0.15, -0.1) is 0 Å². The fraction of sp³-hybridized carbons (Fsp3) is 0.429. The van der Waals surface area contributed by atoms with E-state index in [0.29, 0.717) is 5.69 Å². The molecule has 31 heavy (non-hydrogen) atoms. The largest absolute Gasteiger partial charge is 0.477 e. The van der Waals surface area contributed by atoms with Gasteiger partial charge >= 0.3 is 18.0 Å². The van der Waals surface area contributed by atoms with Crippen molar-refractivity contribution in [3.63, 3.8) is 0 Å². The SMILES string of the molecule is Cc1c(C(=O)O)c(=O)n(-c2ccccc2)n1CC(C)OC(=O)CNC(=O)OC(C)(C)C. The molecule has 0 aliphatic heterocycles. The Labute approximate surface area is 179 Å². The molecule has 0 spiro atoms. The van der Waals surface area contributed by atoms with Crippen molar-refractivity contribution >= 4 is 18.0 Å². The van der Waals surface area contributed by atoms with Crippen molar-refractivity contribution in [3.05, 3.63) is 51.9 Å². The molecule has 1 unspecified atom stereocenters. The number of hydrogen-bond acceptors (Lipinski definition) is 6. The van der Waals surface area contributed by atoms with Crippen molar-refractivity contribution in [3.8, 4) is 5.69 Å². The maximum absolute atomic E-state index is 12.7. The molecule has 2 rings (SSSR count). The number of alkyl carbamates (subject to hydrolysis) is 1. The fourth-order valence-corrected chi connectivity index (χ4v) is 2.95. The molecule has 10 nitrogen and oxygen atoms in total. The first-order valence-electron chi connectivity index (χ1n) is 9.68. The van der Waals surface area contributed by atoms with Crippen LogP contribution in [0.25, 0.3) is 5.69 Å². The van der Waals surface area contributed by atoms with E-state index in [4.69, 9.17) is 9.47 Å². The van der Waals surface area contributed by atoms with Crippen LogP contribution in [0.15, 0.2) is 35.1 Å². The van der Waals surface area contributed by atoms with E-state index < -0.39 is 41.8 Å². The molecule has 2 aromatic rings. The summed E-state index contributed by atoms with van der Waals surface area (Å²) in [5, 5.41) is 11.8.